The summed E-state index contributed by atoms with van der Waals surface area (Å²) in [6.45, 7) is 0.120. The fourth-order valence-corrected chi connectivity index (χ4v) is 2.06. The second kappa shape index (κ2) is 6.11. The van der Waals surface area contributed by atoms with E-state index in [9.17, 15) is 4.39 Å². The molecule has 0 fully saturated rings. The van der Waals surface area contributed by atoms with E-state index in [4.69, 9.17) is 39.1 Å². The zero-order valence-corrected chi connectivity index (χ0v) is 11.8. The fraction of sp³-hybridized carbons (Fsp3) is 0.0714. The van der Waals surface area contributed by atoms with Gasteiger partial charge in [-0.2, -0.15) is 0 Å². The Morgan fingerprint density at radius 1 is 1.20 bits per heavy atom. The van der Waals surface area contributed by atoms with Crippen LogP contribution in [0.3, 0.4) is 0 Å². The van der Waals surface area contributed by atoms with Gasteiger partial charge in [0.2, 0.25) is 0 Å². The van der Waals surface area contributed by atoms with E-state index in [-0.39, 0.29) is 17.5 Å². The van der Waals surface area contributed by atoms with Crippen molar-refractivity contribution in [1.82, 2.24) is 0 Å². The van der Waals surface area contributed by atoms with Crippen molar-refractivity contribution in [2.75, 3.05) is 0 Å². The molecule has 0 heterocycles. The van der Waals surface area contributed by atoms with Gasteiger partial charge in [-0.3, -0.25) is 5.41 Å². The Balaban J connectivity index is 2.21. The Kier molecular flexibility index (Phi) is 4.47. The van der Waals surface area contributed by atoms with Crippen LogP contribution in [0.15, 0.2) is 36.4 Å². The van der Waals surface area contributed by atoms with Gasteiger partial charge in [0.25, 0.3) is 0 Å². The van der Waals surface area contributed by atoms with E-state index in [1.54, 1.807) is 24.3 Å². The number of amidine groups is 1. The fourth-order valence-electron chi connectivity index (χ4n) is 1.68. The van der Waals surface area contributed by atoms with Crippen molar-refractivity contribution in [3.8, 4) is 5.75 Å². The average molecular weight is 313 g/mol. The van der Waals surface area contributed by atoms with Crippen molar-refractivity contribution in [2.24, 2.45) is 5.73 Å². The molecule has 3 N–H and O–H groups in total. The maximum atomic E-state index is 13.3. The number of hydrogen-bond donors (Lipinski definition) is 2. The van der Waals surface area contributed by atoms with Crippen molar-refractivity contribution in [3.05, 3.63) is 63.4 Å². The Morgan fingerprint density at radius 3 is 2.60 bits per heavy atom. The number of ether oxygens (including phenoxy) is 1. The van der Waals surface area contributed by atoms with Gasteiger partial charge in [0.1, 0.15) is 24.0 Å². The van der Waals surface area contributed by atoms with Crippen molar-refractivity contribution in [2.45, 2.75) is 6.61 Å². The summed E-state index contributed by atoms with van der Waals surface area (Å²) in [5.74, 6) is -0.320. The van der Waals surface area contributed by atoms with Crippen molar-refractivity contribution >= 4 is 29.0 Å². The van der Waals surface area contributed by atoms with Crippen LogP contribution in [0.25, 0.3) is 0 Å². The lowest BCUT2D eigenvalue weighted by Crippen LogP contribution is -2.13. The van der Waals surface area contributed by atoms with Gasteiger partial charge in [0.05, 0.1) is 15.6 Å². The normalized spacial score (nSPS) is 10.3. The first-order valence-electron chi connectivity index (χ1n) is 5.68. The molecule has 0 saturated heterocycles. The summed E-state index contributed by atoms with van der Waals surface area (Å²) in [4.78, 5) is 0. The van der Waals surface area contributed by atoms with Crippen LogP contribution in [0, 0.1) is 11.2 Å². The van der Waals surface area contributed by atoms with Gasteiger partial charge in [-0.1, -0.05) is 35.3 Å². The van der Waals surface area contributed by atoms with E-state index in [1.807, 2.05) is 0 Å². The van der Waals surface area contributed by atoms with E-state index in [2.05, 4.69) is 0 Å². The number of nitrogen functional groups attached to an aromatic ring is 1. The van der Waals surface area contributed by atoms with Crippen LogP contribution < -0.4 is 10.5 Å². The lowest BCUT2D eigenvalue weighted by atomic mass is 10.2. The van der Waals surface area contributed by atoms with Crippen molar-refractivity contribution in [3.63, 3.8) is 0 Å². The summed E-state index contributed by atoms with van der Waals surface area (Å²) >= 11 is 11.6. The highest BCUT2D eigenvalue weighted by atomic mass is 35.5. The predicted octanol–water partition coefficient (Wildman–Crippen LogP) is 4.00. The van der Waals surface area contributed by atoms with Crippen LogP contribution in [0.1, 0.15) is 11.1 Å². The summed E-state index contributed by atoms with van der Waals surface area (Å²) in [6.07, 6.45) is 0. The number of rotatable bonds is 4. The molecule has 3 nitrogen and oxygen atoms in total. The highest BCUT2D eigenvalue weighted by Crippen LogP contribution is 2.27. The molecular weight excluding hydrogens is 302 g/mol. The van der Waals surface area contributed by atoms with Gasteiger partial charge < -0.3 is 10.5 Å². The minimum absolute atomic E-state index is 0.0564. The summed E-state index contributed by atoms with van der Waals surface area (Å²) in [6, 6.07) is 9.36. The zero-order chi connectivity index (χ0) is 14.7. The molecule has 0 radical (unpaired) electrons. The molecule has 0 atom stereocenters. The maximum absolute atomic E-state index is 13.3. The minimum atomic E-state index is -0.509. The molecule has 0 amide bonds. The SMILES string of the molecule is N=C(N)c1c(Cl)cccc1OCc1ccc(Cl)c(F)c1. The third kappa shape index (κ3) is 3.21. The molecule has 6 heteroatoms. The predicted molar refractivity (Wildman–Crippen MR) is 78.2 cm³/mol. The van der Waals surface area contributed by atoms with Crippen LogP contribution in [0.4, 0.5) is 4.39 Å². The van der Waals surface area contributed by atoms with Crippen LogP contribution in [-0.4, -0.2) is 5.84 Å². The third-order valence-corrected chi connectivity index (χ3v) is 3.24. The Labute approximate surface area is 125 Å². The first kappa shape index (κ1) is 14.6. The second-order valence-electron chi connectivity index (χ2n) is 4.06. The van der Waals surface area contributed by atoms with Crippen LogP contribution in [0.5, 0.6) is 5.75 Å². The van der Waals surface area contributed by atoms with Crippen LogP contribution in [-0.2, 0) is 6.61 Å². The monoisotopic (exact) mass is 312 g/mol. The largest absolute Gasteiger partial charge is 0.488 e. The molecule has 2 aromatic rings. The topological polar surface area (TPSA) is 59.1 Å². The van der Waals surface area contributed by atoms with E-state index in [0.29, 0.717) is 21.9 Å². The van der Waals surface area contributed by atoms with E-state index in [0.717, 1.165) is 0 Å². The Bertz CT molecular complexity index is 662. The van der Waals surface area contributed by atoms with Gasteiger partial charge in [-0.15, -0.1) is 0 Å². The molecule has 0 aliphatic heterocycles. The number of hydrogen-bond acceptors (Lipinski definition) is 2. The standard InChI is InChI=1S/C14H11Cl2FN2O/c15-9-5-4-8(6-11(9)17)7-20-12-3-1-2-10(16)13(12)14(18)19/h1-6H,7H2,(H3,18,19). The van der Waals surface area contributed by atoms with E-state index < -0.39 is 5.82 Å². The van der Waals surface area contributed by atoms with Gasteiger partial charge in [0, 0.05) is 0 Å². The van der Waals surface area contributed by atoms with Crippen LogP contribution in [0.2, 0.25) is 10.0 Å². The molecule has 0 aromatic heterocycles. The van der Waals surface area contributed by atoms with Crippen molar-refractivity contribution < 1.29 is 9.13 Å². The highest BCUT2D eigenvalue weighted by molar-refractivity contribution is 6.34. The number of halogens is 3. The Hall–Kier alpha value is -1.78. The van der Waals surface area contributed by atoms with E-state index >= 15 is 0 Å². The van der Waals surface area contributed by atoms with Gasteiger partial charge in [0.15, 0.2) is 0 Å². The Morgan fingerprint density at radius 2 is 1.95 bits per heavy atom. The molecule has 2 rings (SSSR count). The van der Waals surface area contributed by atoms with Gasteiger partial charge >= 0.3 is 0 Å². The summed E-state index contributed by atoms with van der Waals surface area (Å²) < 4.78 is 18.9. The molecule has 2 aromatic carbocycles. The number of nitrogens with two attached hydrogens (primary N) is 1. The second-order valence-corrected chi connectivity index (χ2v) is 4.88. The molecule has 0 spiro atoms. The molecule has 0 aliphatic rings. The molecule has 0 saturated carbocycles. The first-order chi connectivity index (χ1) is 9.49. The summed E-state index contributed by atoms with van der Waals surface area (Å²) in [5.41, 5.74) is 6.40. The van der Waals surface area contributed by atoms with Crippen molar-refractivity contribution in [1.29, 1.82) is 5.41 Å². The molecule has 0 bridgehead atoms. The quantitative estimate of drug-likeness (QED) is 0.662. The summed E-state index contributed by atoms with van der Waals surface area (Å²) in [7, 11) is 0. The summed E-state index contributed by atoms with van der Waals surface area (Å²) in [5, 5.41) is 7.89. The zero-order valence-electron chi connectivity index (χ0n) is 10.3. The third-order valence-electron chi connectivity index (χ3n) is 2.62. The van der Waals surface area contributed by atoms with Crippen LogP contribution >= 0.6 is 23.2 Å². The highest BCUT2D eigenvalue weighted by Gasteiger charge is 2.11. The molecule has 104 valence electrons. The molecule has 20 heavy (non-hydrogen) atoms. The first-order valence-corrected chi connectivity index (χ1v) is 6.44. The lowest BCUT2D eigenvalue weighted by Gasteiger charge is -2.12. The minimum Gasteiger partial charge on any atom is -0.488 e. The number of nitrogens with one attached hydrogen (secondary N) is 1. The molecular formula is C14H11Cl2FN2O. The number of benzene rings is 2. The molecule has 0 aliphatic carbocycles. The smallest absolute Gasteiger partial charge is 0.142 e. The lowest BCUT2D eigenvalue weighted by molar-refractivity contribution is 0.305. The van der Waals surface area contributed by atoms with Gasteiger partial charge in [-0.25, -0.2) is 4.39 Å². The molecule has 0 unspecified atom stereocenters. The van der Waals surface area contributed by atoms with E-state index in [1.165, 1.54) is 12.1 Å². The maximum Gasteiger partial charge on any atom is 0.142 e. The average Bonchev–Trinajstić information content (AvgIpc) is 2.39. The van der Waals surface area contributed by atoms with Gasteiger partial charge in [-0.05, 0) is 29.8 Å².